The number of phenolic OH excluding ortho intramolecular Hbond substituents is 1. The first-order valence-electron chi connectivity index (χ1n) is 7.19. The molecular weight excluding hydrogens is 274 g/mol. The summed E-state index contributed by atoms with van der Waals surface area (Å²) in [6, 6.07) is 6.13. The van der Waals surface area contributed by atoms with Crippen LogP contribution >= 0.6 is 11.6 Å². The minimum atomic E-state index is 0.121. The lowest BCUT2D eigenvalue weighted by molar-refractivity contribution is 0.0644. The fourth-order valence-electron chi connectivity index (χ4n) is 2.92. The summed E-state index contributed by atoms with van der Waals surface area (Å²) in [7, 11) is 2.18. The summed E-state index contributed by atoms with van der Waals surface area (Å²) < 4.78 is 0. The van der Waals surface area contributed by atoms with Crippen molar-refractivity contribution >= 4 is 11.6 Å². The van der Waals surface area contributed by atoms with Gasteiger partial charge in [0.25, 0.3) is 0 Å². The molecule has 3 N–H and O–H groups in total. The predicted molar refractivity (Wildman–Crippen MR) is 83.2 cm³/mol. The maximum Gasteiger partial charge on any atom is 0.134 e. The van der Waals surface area contributed by atoms with Crippen molar-refractivity contribution in [3.63, 3.8) is 0 Å². The number of phenols is 1. The maximum atomic E-state index is 9.54. The molecule has 1 fully saturated rings. The van der Waals surface area contributed by atoms with Gasteiger partial charge in [0.05, 0.1) is 5.02 Å². The predicted octanol–water partition coefficient (Wildman–Crippen LogP) is 2.07. The summed E-state index contributed by atoms with van der Waals surface area (Å²) in [4.78, 5) is 4.84. The van der Waals surface area contributed by atoms with Gasteiger partial charge in [-0.3, -0.25) is 4.90 Å². The van der Waals surface area contributed by atoms with E-state index in [1.807, 2.05) is 12.1 Å². The smallest absolute Gasteiger partial charge is 0.134 e. The average molecular weight is 298 g/mol. The molecule has 4 nitrogen and oxygen atoms in total. The second-order valence-corrected chi connectivity index (χ2v) is 5.91. The lowest BCUT2D eigenvalue weighted by Crippen LogP contribution is -2.53. The van der Waals surface area contributed by atoms with Crippen molar-refractivity contribution in [3.05, 3.63) is 28.8 Å². The molecule has 0 spiro atoms. The van der Waals surface area contributed by atoms with E-state index in [2.05, 4.69) is 23.8 Å². The van der Waals surface area contributed by atoms with Gasteiger partial charge in [-0.15, -0.1) is 0 Å². The Morgan fingerprint density at radius 3 is 2.80 bits per heavy atom. The van der Waals surface area contributed by atoms with E-state index in [0.717, 1.165) is 31.6 Å². The SMILES string of the molecule is CCC1CN(C(CN)c2ccc(O)c(Cl)c2)CCN1C. The van der Waals surface area contributed by atoms with Crippen molar-refractivity contribution in [1.82, 2.24) is 9.80 Å². The fraction of sp³-hybridized carbons (Fsp3) is 0.600. The van der Waals surface area contributed by atoms with Gasteiger partial charge >= 0.3 is 0 Å². The molecule has 0 saturated carbocycles. The summed E-state index contributed by atoms with van der Waals surface area (Å²) in [5, 5.41) is 9.93. The number of aromatic hydroxyl groups is 1. The number of likely N-dealkylation sites (N-methyl/N-ethyl adjacent to an activating group) is 1. The van der Waals surface area contributed by atoms with E-state index in [1.165, 1.54) is 0 Å². The number of hydrogen-bond acceptors (Lipinski definition) is 4. The van der Waals surface area contributed by atoms with Gasteiger partial charge in [0, 0.05) is 38.3 Å². The number of piperazine rings is 1. The lowest BCUT2D eigenvalue weighted by atomic mass is 10.0. The van der Waals surface area contributed by atoms with Crippen LogP contribution in [0, 0.1) is 0 Å². The van der Waals surface area contributed by atoms with Crippen molar-refractivity contribution in [2.24, 2.45) is 5.73 Å². The van der Waals surface area contributed by atoms with Crippen LogP contribution in [0.2, 0.25) is 5.02 Å². The van der Waals surface area contributed by atoms with E-state index in [0.29, 0.717) is 17.6 Å². The third-order valence-corrected chi connectivity index (χ3v) is 4.60. The average Bonchev–Trinajstić information content (AvgIpc) is 2.45. The standard InChI is InChI=1S/C15H24ClN3O/c1-3-12-10-19(7-6-18(12)2)14(9-17)11-4-5-15(20)13(16)8-11/h4-5,8,12,14,20H,3,6-7,9-10,17H2,1-2H3. The minimum absolute atomic E-state index is 0.121. The number of benzene rings is 1. The van der Waals surface area contributed by atoms with E-state index in [-0.39, 0.29) is 11.8 Å². The quantitative estimate of drug-likeness (QED) is 0.893. The third kappa shape index (κ3) is 3.26. The zero-order chi connectivity index (χ0) is 14.7. The highest BCUT2D eigenvalue weighted by molar-refractivity contribution is 6.32. The summed E-state index contributed by atoms with van der Waals surface area (Å²) in [5.74, 6) is 0.121. The summed E-state index contributed by atoms with van der Waals surface area (Å²) in [5.41, 5.74) is 7.06. The molecule has 2 unspecified atom stereocenters. The van der Waals surface area contributed by atoms with Crippen LogP contribution in [0.1, 0.15) is 24.9 Å². The summed E-state index contributed by atoms with van der Waals surface area (Å²) in [6.07, 6.45) is 1.14. The topological polar surface area (TPSA) is 52.7 Å². The van der Waals surface area contributed by atoms with Gasteiger partial charge in [0.1, 0.15) is 5.75 Å². The molecule has 20 heavy (non-hydrogen) atoms. The van der Waals surface area contributed by atoms with Gasteiger partial charge in [-0.05, 0) is 31.2 Å². The van der Waals surface area contributed by atoms with Crippen LogP contribution in [0.3, 0.4) is 0 Å². The molecule has 5 heteroatoms. The zero-order valence-corrected chi connectivity index (χ0v) is 13.0. The first kappa shape index (κ1) is 15.6. The van der Waals surface area contributed by atoms with Crippen molar-refractivity contribution in [2.75, 3.05) is 33.2 Å². The van der Waals surface area contributed by atoms with Crippen LogP contribution in [0.15, 0.2) is 18.2 Å². The summed E-state index contributed by atoms with van der Waals surface area (Å²) in [6.45, 7) is 5.86. The second-order valence-electron chi connectivity index (χ2n) is 5.50. The Morgan fingerprint density at radius 2 is 2.20 bits per heavy atom. The second kappa shape index (κ2) is 6.76. The Hall–Kier alpha value is -0.810. The molecule has 0 amide bonds. The van der Waals surface area contributed by atoms with E-state index in [9.17, 15) is 5.11 Å². The lowest BCUT2D eigenvalue weighted by Gasteiger charge is -2.42. The van der Waals surface area contributed by atoms with Crippen molar-refractivity contribution in [1.29, 1.82) is 0 Å². The molecule has 1 aliphatic heterocycles. The molecule has 2 rings (SSSR count). The maximum absolute atomic E-state index is 9.54. The monoisotopic (exact) mass is 297 g/mol. The minimum Gasteiger partial charge on any atom is -0.506 e. The van der Waals surface area contributed by atoms with Crippen molar-refractivity contribution in [2.45, 2.75) is 25.4 Å². The van der Waals surface area contributed by atoms with E-state index in [4.69, 9.17) is 17.3 Å². The van der Waals surface area contributed by atoms with Crippen molar-refractivity contribution in [3.8, 4) is 5.75 Å². The number of hydrogen-bond donors (Lipinski definition) is 2. The van der Waals surface area contributed by atoms with Crippen LogP contribution in [0.25, 0.3) is 0 Å². The normalized spacial score (nSPS) is 22.9. The van der Waals surface area contributed by atoms with E-state index < -0.39 is 0 Å². The van der Waals surface area contributed by atoms with Gasteiger partial charge in [0.2, 0.25) is 0 Å². The summed E-state index contributed by atoms with van der Waals surface area (Å²) >= 11 is 6.02. The molecule has 1 saturated heterocycles. The Labute approximate surface area is 126 Å². The molecule has 0 aliphatic carbocycles. The first-order chi connectivity index (χ1) is 9.56. The van der Waals surface area contributed by atoms with Crippen LogP contribution < -0.4 is 5.73 Å². The molecule has 112 valence electrons. The first-order valence-corrected chi connectivity index (χ1v) is 7.57. The van der Waals surface area contributed by atoms with Crippen molar-refractivity contribution < 1.29 is 5.11 Å². The van der Waals surface area contributed by atoms with Gasteiger partial charge in [-0.25, -0.2) is 0 Å². The number of rotatable bonds is 4. The number of halogens is 1. The number of nitrogens with two attached hydrogens (primary N) is 1. The Balaban J connectivity index is 2.17. The molecule has 1 aliphatic rings. The Bertz CT molecular complexity index is 455. The highest BCUT2D eigenvalue weighted by atomic mass is 35.5. The van der Waals surface area contributed by atoms with Crippen LogP contribution in [0.4, 0.5) is 0 Å². The molecule has 0 bridgehead atoms. The van der Waals surface area contributed by atoms with Gasteiger partial charge in [-0.2, -0.15) is 0 Å². The molecule has 2 atom stereocenters. The molecule has 1 aromatic rings. The molecule has 0 radical (unpaired) electrons. The largest absolute Gasteiger partial charge is 0.506 e. The molecule has 0 aromatic heterocycles. The highest BCUT2D eigenvalue weighted by Crippen LogP contribution is 2.30. The molecule has 1 heterocycles. The highest BCUT2D eigenvalue weighted by Gasteiger charge is 2.28. The third-order valence-electron chi connectivity index (χ3n) is 4.30. The zero-order valence-electron chi connectivity index (χ0n) is 12.2. The Morgan fingerprint density at radius 1 is 1.45 bits per heavy atom. The van der Waals surface area contributed by atoms with Gasteiger partial charge in [0.15, 0.2) is 0 Å². The van der Waals surface area contributed by atoms with Gasteiger partial charge < -0.3 is 15.7 Å². The molecule has 1 aromatic carbocycles. The van der Waals surface area contributed by atoms with Crippen LogP contribution in [0.5, 0.6) is 5.75 Å². The Kier molecular flexibility index (Phi) is 5.27. The van der Waals surface area contributed by atoms with E-state index in [1.54, 1.807) is 6.07 Å². The number of nitrogens with zero attached hydrogens (tertiary/aromatic N) is 2. The molecular formula is C15H24ClN3O. The van der Waals surface area contributed by atoms with Crippen LogP contribution in [-0.2, 0) is 0 Å². The van der Waals surface area contributed by atoms with E-state index >= 15 is 0 Å². The van der Waals surface area contributed by atoms with Crippen LogP contribution in [-0.4, -0.2) is 54.2 Å². The fourth-order valence-corrected chi connectivity index (χ4v) is 3.11. The van der Waals surface area contributed by atoms with Gasteiger partial charge in [-0.1, -0.05) is 24.6 Å².